The van der Waals surface area contributed by atoms with Gasteiger partial charge in [-0.1, -0.05) is 6.08 Å². The van der Waals surface area contributed by atoms with Crippen LogP contribution in [0, 0.1) is 0 Å². The number of rotatable bonds is 10. The fourth-order valence-electron chi connectivity index (χ4n) is 3.53. The van der Waals surface area contributed by atoms with Crippen molar-refractivity contribution < 1.29 is 27.6 Å². The van der Waals surface area contributed by atoms with Gasteiger partial charge in [0.15, 0.2) is 0 Å². The highest BCUT2D eigenvalue weighted by Gasteiger charge is 2.41. The van der Waals surface area contributed by atoms with Gasteiger partial charge >= 0.3 is 6.03 Å². The van der Waals surface area contributed by atoms with Crippen LogP contribution in [0.25, 0.3) is 0 Å². The first-order valence-corrected chi connectivity index (χ1v) is 12.3. The van der Waals surface area contributed by atoms with Crippen LogP contribution >= 0.6 is 0 Å². The van der Waals surface area contributed by atoms with Crippen LogP contribution in [0.5, 0.6) is 0 Å². The molecule has 13 heteroatoms. The third-order valence-electron chi connectivity index (χ3n) is 5.21. The standard InChI is InChI=1S/C20H30N6O6S/c1-4-8-22-20(30)23-13-11-16(26(12-13)19(29)15-6-5-9-25(15)2)18(28)24-14(17(21)27)7-10-33(3,31)32/h4-6,9,13-14,16H,1,7-8,10-12H2,2-3H3,(H2,21,27)(H,24,28)(H2,22,23,30). The molecule has 0 radical (unpaired) electrons. The van der Waals surface area contributed by atoms with E-state index in [4.69, 9.17) is 5.73 Å². The van der Waals surface area contributed by atoms with Crippen molar-refractivity contribution in [3.05, 3.63) is 36.7 Å². The van der Waals surface area contributed by atoms with E-state index in [2.05, 4.69) is 22.5 Å². The smallest absolute Gasteiger partial charge is 0.315 e. The lowest BCUT2D eigenvalue weighted by Gasteiger charge is -2.25. The van der Waals surface area contributed by atoms with Crippen LogP contribution in [0.2, 0.25) is 0 Å². The minimum atomic E-state index is -3.38. The van der Waals surface area contributed by atoms with Crippen molar-refractivity contribution in [1.82, 2.24) is 25.4 Å². The van der Waals surface area contributed by atoms with Crippen molar-refractivity contribution in [1.29, 1.82) is 0 Å². The minimum Gasteiger partial charge on any atom is -0.368 e. The fraction of sp³-hybridized carbons (Fsp3) is 0.500. The number of hydrogen-bond acceptors (Lipinski definition) is 6. The number of nitrogens with zero attached hydrogens (tertiary/aromatic N) is 2. The average Bonchev–Trinajstić information content (AvgIpc) is 3.34. The number of nitrogens with two attached hydrogens (primary N) is 1. The molecule has 1 aliphatic heterocycles. The molecule has 3 atom stereocenters. The average molecular weight is 483 g/mol. The van der Waals surface area contributed by atoms with Crippen LogP contribution in [-0.4, -0.2) is 84.9 Å². The molecule has 0 spiro atoms. The topological polar surface area (TPSA) is 173 Å². The zero-order valence-corrected chi connectivity index (χ0v) is 19.4. The second-order valence-corrected chi connectivity index (χ2v) is 10.2. The third kappa shape index (κ3) is 7.34. The first kappa shape index (κ1) is 25.9. The van der Waals surface area contributed by atoms with Gasteiger partial charge in [-0.25, -0.2) is 13.2 Å². The van der Waals surface area contributed by atoms with Gasteiger partial charge in [-0.2, -0.15) is 0 Å². The molecule has 0 bridgehead atoms. The SMILES string of the molecule is C=CCNC(=O)NC1CC(C(=O)NC(CCS(C)(=O)=O)C(N)=O)N(C(=O)c2cccn2C)C1. The van der Waals surface area contributed by atoms with Crippen LogP contribution in [-0.2, 0) is 26.5 Å². The molecular formula is C20H30N6O6S. The molecule has 2 heterocycles. The number of aromatic nitrogens is 1. The van der Waals surface area contributed by atoms with Gasteiger partial charge in [0.1, 0.15) is 27.6 Å². The monoisotopic (exact) mass is 482 g/mol. The van der Waals surface area contributed by atoms with Crippen molar-refractivity contribution in [3.8, 4) is 0 Å². The summed E-state index contributed by atoms with van der Waals surface area (Å²) >= 11 is 0. The number of likely N-dealkylation sites (tertiary alicyclic amines) is 1. The normalized spacial score (nSPS) is 18.9. The highest BCUT2D eigenvalue weighted by atomic mass is 32.2. The van der Waals surface area contributed by atoms with Gasteiger partial charge in [-0.3, -0.25) is 14.4 Å². The quantitative estimate of drug-likeness (QED) is 0.295. The molecule has 182 valence electrons. The van der Waals surface area contributed by atoms with E-state index in [1.54, 1.807) is 29.9 Å². The first-order chi connectivity index (χ1) is 15.4. The van der Waals surface area contributed by atoms with Crippen LogP contribution < -0.4 is 21.7 Å². The Morgan fingerprint density at radius 3 is 2.58 bits per heavy atom. The molecule has 2 rings (SSSR count). The number of carbonyl (C=O) groups excluding carboxylic acids is 4. The fourth-order valence-corrected chi connectivity index (χ4v) is 4.19. The Morgan fingerprint density at radius 2 is 2.03 bits per heavy atom. The van der Waals surface area contributed by atoms with E-state index < -0.39 is 51.7 Å². The Hall–Kier alpha value is -3.35. The molecule has 1 saturated heterocycles. The number of carbonyl (C=O) groups is 4. The predicted octanol–water partition coefficient (Wildman–Crippen LogP) is -1.50. The van der Waals surface area contributed by atoms with Crippen LogP contribution in [0.15, 0.2) is 31.0 Å². The summed E-state index contributed by atoms with van der Waals surface area (Å²) in [5.41, 5.74) is 5.68. The Morgan fingerprint density at radius 1 is 1.33 bits per heavy atom. The molecule has 1 aromatic rings. The van der Waals surface area contributed by atoms with Crippen LogP contribution in [0.1, 0.15) is 23.3 Å². The van der Waals surface area contributed by atoms with Crippen molar-refractivity contribution in [2.75, 3.05) is 25.1 Å². The molecule has 5 amide bonds. The summed E-state index contributed by atoms with van der Waals surface area (Å²) in [4.78, 5) is 51.3. The van der Waals surface area contributed by atoms with Gasteiger partial charge in [-0.15, -0.1) is 6.58 Å². The van der Waals surface area contributed by atoms with Crippen LogP contribution in [0.4, 0.5) is 4.79 Å². The molecule has 5 N–H and O–H groups in total. The Bertz CT molecular complexity index is 1020. The summed E-state index contributed by atoms with van der Waals surface area (Å²) in [6, 6.07) is 0.0608. The van der Waals surface area contributed by atoms with E-state index in [9.17, 15) is 27.6 Å². The van der Waals surface area contributed by atoms with Gasteiger partial charge in [-0.05, 0) is 25.0 Å². The lowest BCUT2D eigenvalue weighted by molar-refractivity contribution is -0.129. The summed E-state index contributed by atoms with van der Waals surface area (Å²) in [6.45, 7) is 3.83. The van der Waals surface area contributed by atoms with Gasteiger partial charge < -0.3 is 31.2 Å². The number of urea groups is 1. The molecule has 1 fully saturated rings. The van der Waals surface area contributed by atoms with E-state index in [-0.39, 0.29) is 31.7 Å². The predicted molar refractivity (Wildman–Crippen MR) is 121 cm³/mol. The summed E-state index contributed by atoms with van der Waals surface area (Å²) in [5, 5.41) is 7.75. The van der Waals surface area contributed by atoms with Crippen molar-refractivity contribution >= 4 is 33.6 Å². The largest absolute Gasteiger partial charge is 0.368 e. The molecular weight excluding hydrogens is 452 g/mol. The Balaban J connectivity index is 2.20. The minimum absolute atomic E-state index is 0.0637. The summed E-state index contributed by atoms with van der Waals surface area (Å²) in [5.74, 6) is -2.31. The second-order valence-electron chi connectivity index (χ2n) is 7.94. The van der Waals surface area contributed by atoms with Gasteiger partial charge in [0.05, 0.1) is 11.8 Å². The molecule has 33 heavy (non-hydrogen) atoms. The van der Waals surface area contributed by atoms with E-state index in [0.717, 1.165) is 6.26 Å². The van der Waals surface area contributed by atoms with Crippen molar-refractivity contribution in [2.24, 2.45) is 12.8 Å². The molecule has 0 saturated carbocycles. The summed E-state index contributed by atoms with van der Waals surface area (Å²) < 4.78 is 24.5. The number of amides is 5. The second kappa shape index (κ2) is 11.0. The molecule has 3 unspecified atom stereocenters. The van der Waals surface area contributed by atoms with E-state index in [1.165, 1.54) is 11.0 Å². The highest BCUT2D eigenvalue weighted by Crippen LogP contribution is 2.22. The van der Waals surface area contributed by atoms with Gasteiger partial charge in [0.2, 0.25) is 11.8 Å². The van der Waals surface area contributed by atoms with Crippen molar-refractivity contribution in [2.45, 2.75) is 31.0 Å². The summed E-state index contributed by atoms with van der Waals surface area (Å²) in [6.07, 6.45) is 4.12. The zero-order valence-electron chi connectivity index (χ0n) is 18.6. The van der Waals surface area contributed by atoms with Gasteiger partial charge in [0, 0.05) is 32.6 Å². The Labute approximate surface area is 192 Å². The zero-order chi connectivity index (χ0) is 24.8. The molecule has 1 aromatic heterocycles. The Kier molecular flexibility index (Phi) is 8.63. The molecule has 0 aliphatic carbocycles. The maximum atomic E-state index is 13.1. The lowest BCUT2D eigenvalue weighted by atomic mass is 10.1. The van der Waals surface area contributed by atoms with Crippen molar-refractivity contribution in [3.63, 3.8) is 0 Å². The van der Waals surface area contributed by atoms with E-state index >= 15 is 0 Å². The van der Waals surface area contributed by atoms with E-state index in [1.807, 2.05) is 0 Å². The number of aryl methyl sites for hydroxylation is 1. The molecule has 0 aromatic carbocycles. The van der Waals surface area contributed by atoms with E-state index in [0.29, 0.717) is 5.69 Å². The third-order valence-corrected chi connectivity index (χ3v) is 6.18. The number of hydrogen-bond donors (Lipinski definition) is 4. The van der Waals surface area contributed by atoms with Gasteiger partial charge in [0.25, 0.3) is 5.91 Å². The maximum absolute atomic E-state index is 13.1. The molecule has 1 aliphatic rings. The number of nitrogens with one attached hydrogen (secondary N) is 3. The number of primary amides is 1. The highest BCUT2D eigenvalue weighted by molar-refractivity contribution is 7.90. The van der Waals surface area contributed by atoms with Crippen LogP contribution in [0.3, 0.4) is 0 Å². The lowest BCUT2D eigenvalue weighted by Crippen LogP contribution is -2.52. The summed E-state index contributed by atoms with van der Waals surface area (Å²) in [7, 11) is -1.70. The number of sulfone groups is 1. The maximum Gasteiger partial charge on any atom is 0.315 e. The first-order valence-electron chi connectivity index (χ1n) is 10.3. The molecule has 12 nitrogen and oxygen atoms in total.